The standard InChI is InChI=1S/C19H19F2N3O3/c20-13-7-12(8-14(21)9-13)19-22-15-10-24(6-4-16(15)27-19)18(26)11-23-5-2-1-3-17(23)25/h7-9H,1-6,10-11H2. The van der Waals surface area contributed by atoms with Crippen LogP contribution in [0.4, 0.5) is 8.78 Å². The molecule has 0 saturated carbocycles. The number of halogens is 2. The third kappa shape index (κ3) is 3.70. The van der Waals surface area contributed by atoms with Crippen molar-refractivity contribution in [3.8, 4) is 11.5 Å². The second kappa shape index (κ2) is 7.09. The second-order valence-electron chi connectivity index (χ2n) is 6.88. The number of fused-ring (bicyclic) bond motifs is 1. The normalized spacial score (nSPS) is 17.2. The Kier molecular flexibility index (Phi) is 4.63. The summed E-state index contributed by atoms with van der Waals surface area (Å²) in [6, 6.07) is 3.10. The van der Waals surface area contributed by atoms with E-state index in [0.717, 1.165) is 31.0 Å². The number of benzene rings is 1. The van der Waals surface area contributed by atoms with Crippen molar-refractivity contribution in [1.82, 2.24) is 14.8 Å². The molecule has 0 N–H and O–H groups in total. The average Bonchev–Trinajstić information content (AvgIpc) is 3.06. The molecule has 0 unspecified atom stereocenters. The first-order valence-electron chi connectivity index (χ1n) is 9.00. The van der Waals surface area contributed by atoms with Crippen molar-refractivity contribution in [1.29, 1.82) is 0 Å². The molecule has 0 bridgehead atoms. The van der Waals surface area contributed by atoms with E-state index >= 15 is 0 Å². The topological polar surface area (TPSA) is 66.7 Å². The molecule has 0 atom stereocenters. The Morgan fingerprint density at radius 3 is 2.63 bits per heavy atom. The molecule has 2 aliphatic rings. The summed E-state index contributed by atoms with van der Waals surface area (Å²) in [5.74, 6) is -0.763. The van der Waals surface area contributed by atoms with E-state index < -0.39 is 11.6 Å². The average molecular weight is 375 g/mol. The van der Waals surface area contributed by atoms with Gasteiger partial charge < -0.3 is 14.2 Å². The van der Waals surface area contributed by atoms with Crippen LogP contribution in [0.15, 0.2) is 22.6 Å². The van der Waals surface area contributed by atoms with Crippen LogP contribution in [-0.4, -0.2) is 46.2 Å². The highest BCUT2D eigenvalue weighted by Crippen LogP contribution is 2.27. The van der Waals surface area contributed by atoms with E-state index in [1.54, 1.807) is 9.80 Å². The van der Waals surface area contributed by atoms with E-state index in [9.17, 15) is 18.4 Å². The lowest BCUT2D eigenvalue weighted by molar-refractivity contribution is -0.142. The second-order valence-corrected chi connectivity index (χ2v) is 6.88. The van der Waals surface area contributed by atoms with Crippen LogP contribution >= 0.6 is 0 Å². The molecule has 2 aliphatic heterocycles. The SMILES string of the molecule is O=C1CCCCN1CC(=O)N1CCc2oc(-c3cc(F)cc(F)c3)nc2C1. The van der Waals surface area contributed by atoms with Gasteiger partial charge in [-0.15, -0.1) is 0 Å². The number of carbonyl (C=O) groups is 2. The number of likely N-dealkylation sites (tertiary alicyclic amines) is 1. The van der Waals surface area contributed by atoms with Crippen LogP contribution in [0.5, 0.6) is 0 Å². The Bertz CT molecular complexity index is 876. The maximum absolute atomic E-state index is 13.4. The number of aromatic nitrogens is 1. The Balaban J connectivity index is 1.47. The summed E-state index contributed by atoms with van der Waals surface area (Å²) in [5.41, 5.74) is 0.804. The molecule has 2 amide bonds. The van der Waals surface area contributed by atoms with Gasteiger partial charge in [0.15, 0.2) is 0 Å². The first-order valence-corrected chi connectivity index (χ1v) is 9.00. The van der Waals surface area contributed by atoms with Gasteiger partial charge in [0.1, 0.15) is 23.1 Å². The van der Waals surface area contributed by atoms with Gasteiger partial charge in [0.05, 0.1) is 13.1 Å². The van der Waals surface area contributed by atoms with Crippen molar-refractivity contribution in [3.05, 3.63) is 41.3 Å². The van der Waals surface area contributed by atoms with Crippen molar-refractivity contribution in [2.75, 3.05) is 19.6 Å². The Hall–Kier alpha value is -2.77. The van der Waals surface area contributed by atoms with Crippen molar-refractivity contribution in [2.45, 2.75) is 32.2 Å². The van der Waals surface area contributed by atoms with Crippen molar-refractivity contribution in [3.63, 3.8) is 0 Å². The summed E-state index contributed by atoms with van der Waals surface area (Å²) in [7, 11) is 0. The predicted octanol–water partition coefficient (Wildman–Crippen LogP) is 2.52. The molecule has 0 radical (unpaired) electrons. The quantitative estimate of drug-likeness (QED) is 0.827. The maximum Gasteiger partial charge on any atom is 0.242 e. The van der Waals surface area contributed by atoms with Crippen molar-refractivity contribution >= 4 is 11.8 Å². The van der Waals surface area contributed by atoms with E-state index in [4.69, 9.17) is 4.42 Å². The van der Waals surface area contributed by atoms with Crippen molar-refractivity contribution < 1.29 is 22.8 Å². The summed E-state index contributed by atoms with van der Waals surface area (Å²) in [6.07, 6.45) is 2.76. The molecule has 1 fully saturated rings. The largest absolute Gasteiger partial charge is 0.441 e. The molecular formula is C19H19F2N3O3. The zero-order chi connectivity index (χ0) is 19.0. The molecule has 0 spiro atoms. The summed E-state index contributed by atoms with van der Waals surface area (Å²) in [5, 5.41) is 0. The predicted molar refractivity (Wildman–Crippen MR) is 91.4 cm³/mol. The number of rotatable bonds is 3. The van der Waals surface area contributed by atoms with Gasteiger partial charge in [0.2, 0.25) is 17.7 Å². The number of oxazole rings is 1. The van der Waals surface area contributed by atoms with Gasteiger partial charge in [-0.3, -0.25) is 9.59 Å². The third-order valence-corrected chi connectivity index (χ3v) is 4.94. The number of hydrogen-bond acceptors (Lipinski definition) is 4. The van der Waals surface area contributed by atoms with Gasteiger partial charge in [-0.1, -0.05) is 0 Å². The number of piperidine rings is 1. The van der Waals surface area contributed by atoms with Crippen LogP contribution in [-0.2, 0) is 22.6 Å². The number of nitrogens with zero attached hydrogens (tertiary/aromatic N) is 3. The molecule has 1 saturated heterocycles. The smallest absolute Gasteiger partial charge is 0.242 e. The van der Waals surface area contributed by atoms with E-state index in [0.29, 0.717) is 37.4 Å². The molecular weight excluding hydrogens is 356 g/mol. The minimum absolute atomic E-state index is 0.0177. The van der Waals surface area contributed by atoms with Crippen LogP contribution in [0, 0.1) is 11.6 Å². The van der Waals surface area contributed by atoms with E-state index in [1.807, 2.05) is 0 Å². The van der Waals surface area contributed by atoms with Gasteiger partial charge in [0.25, 0.3) is 0 Å². The Morgan fingerprint density at radius 1 is 1.11 bits per heavy atom. The van der Waals surface area contributed by atoms with Crippen molar-refractivity contribution in [2.24, 2.45) is 0 Å². The summed E-state index contributed by atoms with van der Waals surface area (Å²) >= 11 is 0. The molecule has 8 heteroatoms. The van der Waals surface area contributed by atoms with Crippen LogP contribution in [0.3, 0.4) is 0 Å². The number of carbonyl (C=O) groups excluding carboxylic acids is 2. The van der Waals surface area contributed by atoms with E-state index in [-0.39, 0.29) is 36.4 Å². The van der Waals surface area contributed by atoms with E-state index in [2.05, 4.69) is 4.98 Å². The number of amides is 2. The van der Waals surface area contributed by atoms with Gasteiger partial charge in [-0.2, -0.15) is 0 Å². The van der Waals surface area contributed by atoms with Gasteiger partial charge in [0, 0.05) is 37.6 Å². The molecule has 6 nitrogen and oxygen atoms in total. The fourth-order valence-electron chi connectivity index (χ4n) is 3.50. The molecule has 0 aliphatic carbocycles. The molecule has 1 aromatic carbocycles. The zero-order valence-corrected chi connectivity index (χ0v) is 14.7. The molecule has 27 heavy (non-hydrogen) atoms. The first kappa shape index (κ1) is 17.6. The van der Waals surface area contributed by atoms with E-state index in [1.165, 1.54) is 0 Å². The minimum Gasteiger partial charge on any atom is -0.441 e. The van der Waals surface area contributed by atoms with Crippen LogP contribution in [0.25, 0.3) is 11.5 Å². The lowest BCUT2D eigenvalue weighted by Gasteiger charge is -2.30. The van der Waals surface area contributed by atoms with Gasteiger partial charge in [-0.05, 0) is 25.0 Å². The third-order valence-electron chi connectivity index (χ3n) is 4.94. The van der Waals surface area contributed by atoms with Crippen LogP contribution in [0.1, 0.15) is 30.7 Å². The van der Waals surface area contributed by atoms with Crippen LogP contribution < -0.4 is 0 Å². The van der Waals surface area contributed by atoms with Crippen LogP contribution in [0.2, 0.25) is 0 Å². The molecule has 142 valence electrons. The lowest BCUT2D eigenvalue weighted by atomic mass is 10.1. The fraction of sp³-hybridized carbons (Fsp3) is 0.421. The lowest BCUT2D eigenvalue weighted by Crippen LogP contribution is -2.46. The summed E-state index contributed by atoms with van der Waals surface area (Å²) in [6.45, 7) is 1.41. The highest BCUT2D eigenvalue weighted by Gasteiger charge is 2.28. The van der Waals surface area contributed by atoms with Gasteiger partial charge in [-0.25, -0.2) is 13.8 Å². The monoisotopic (exact) mass is 375 g/mol. The highest BCUT2D eigenvalue weighted by molar-refractivity contribution is 5.85. The first-order chi connectivity index (χ1) is 13.0. The Morgan fingerprint density at radius 2 is 1.89 bits per heavy atom. The fourth-order valence-corrected chi connectivity index (χ4v) is 3.50. The molecule has 2 aromatic rings. The minimum atomic E-state index is -0.704. The summed E-state index contributed by atoms with van der Waals surface area (Å²) < 4.78 is 32.5. The molecule has 3 heterocycles. The Labute approximate surface area is 154 Å². The number of hydrogen-bond donors (Lipinski definition) is 0. The maximum atomic E-state index is 13.4. The van der Waals surface area contributed by atoms with Gasteiger partial charge >= 0.3 is 0 Å². The summed E-state index contributed by atoms with van der Waals surface area (Å²) in [4.78, 5) is 32.0. The zero-order valence-electron chi connectivity index (χ0n) is 14.7. The molecule has 1 aromatic heterocycles. The molecule has 4 rings (SSSR count). The highest BCUT2D eigenvalue weighted by atomic mass is 19.1.